The van der Waals surface area contributed by atoms with Gasteiger partial charge in [-0.2, -0.15) is 4.98 Å². The highest BCUT2D eigenvalue weighted by Gasteiger charge is 2.35. The van der Waals surface area contributed by atoms with Gasteiger partial charge in [0, 0.05) is 26.1 Å². The van der Waals surface area contributed by atoms with Crippen molar-refractivity contribution in [1.82, 2.24) is 15.3 Å². The van der Waals surface area contributed by atoms with Gasteiger partial charge in [-0.3, -0.25) is 24.2 Å². The van der Waals surface area contributed by atoms with Gasteiger partial charge in [0.15, 0.2) is 0 Å². The van der Waals surface area contributed by atoms with Crippen molar-refractivity contribution < 1.29 is 19.1 Å². The summed E-state index contributed by atoms with van der Waals surface area (Å²) in [6.07, 6.45) is 1.70. The molecule has 1 aromatic heterocycles. The predicted octanol–water partition coefficient (Wildman–Crippen LogP) is 1.33. The van der Waals surface area contributed by atoms with E-state index in [1.807, 2.05) is 35.2 Å². The molecular formula is C24H29N5O5. The number of hydrogen-bond donors (Lipinski definition) is 3. The summed E-state index contributed by atoms with van der Waals surface area (Å²) in [4.78, 5) is 59.2. The highest BCUT2D eigenvalue weighted by molar-refractivity contribution is 6.00. The van der Waals surface area contributed by atoms with E-state index >= 15 is 0 Å². The average Bonchev–Trinajstić information content (AvgIpc) is 2.84. The van der Waals surface area contributed by atoms with Crippen molar-refractivity contribution in [1.29, 1.82) is 0 Å². The van der Waals surface area contributed by atoms with Crippen LogP contribution in [0.4, 0.5) is 11.8 Å². The quantitative estimate of drug-likeness (QED) is 0.523. The van der Waals surface area contributed by atoms with Crippen LogP contribution in [0, 0.1) is 5.92 Å². The Hall–Kier alpha value is -3.69. The molecule has 34 heavy (non-hydrogen) atoms. The number of anilines is 2. The lowest BCUT2D eigenvalue weighted by molar-refractivity contribution is -0.148. The van der Waals surface area contributed by atoms with E-state index in [0.29, 0.717) is 51.5 Å². The molecule has 0 aliphatic carbocycles. The van der Waals surface area contributed by atoms with Crippen molar-refractivity contribution >= 4 is 29.5 Å². The number of aromatic amines is 1. The van der Waals surface area contributed by atoms with Gasteiger partial charge in [0.2, 0.25) is 17.8 Å². The minimum atomic E-state index is -0.903. The number of carbonyl (C=O) groups is 3. The van der Waals surface area contributed by atoms with Crippen LogP contribution in [0.1, 0.15) is 43.2 Å². The number of ether oxygens (including phenoxy) is 1. The Morgan fingerprint density at radius 3 is 2.62 bits per heavy atom. The van der Waals surface area contributed by atoms with E-state index in [9.17, 15) is 19.2 Å². The summed E-state index contributed by atoms with van der Waals surface area (Å²) in [6.45, 7) is 3.56. The normalized spacial score (nSPS) is 18.1. The van der Waals surface area contributed by atoms with E-state index in [-0.39, 0.29) is 41.5 Å². The van der Waals surface area contributed by atoms with Crippen LogP contribution in [0.5, 0.6) is 0 Å². The fourth-order valence-corrected chi connectivity index (χ4v) is 4.42. The molecule has 1 fully saturated rings. The van der Waals surface area contributed by atoms with Crippen LogP contribution in [-0.2, 0) is 25.5 Å². The van der Waals surface area contributed by atoms with E-state index in [0.717, 1.165) is 5.56 Å². The number of nitrogens with zero attached hydrogens (tertiary/aromatic N) is 2. The maximum Gasteiger partial charge on any atom is 0.309 e. The van der Waals surface area contributed by atoms with Gasteiger partial charge in [-0.15, -0.1) is 0 Å². The van der Waals surface area contributed by atoms with Crippen LogP contribution in [0.2, 0.25) is 0 Å². The topological polar surface area (TPSA) is 133 Å². The van der Waals surface area contributed by atoms with Crippen LogP contribution in [-0.4, -0.2) is 54.0 Å². The Balaban J connectivity index is 1.45. The van der Waals surface area contributed by atoms with Crippen LogP contribution < -0.4 is 21.1 Å². The van der Waals surface area contributed by atoms with Gasteiger partial charge < -0.3 is 20.3 Å². The first kappa shape index (κ1) is 23.5. The number of carbonyl (C=O) groups excluding carboxylic acids is 3. The van der Waals surface area contributed by atoms with E-state index < -0.39 is 11.5 Å². The van der Waals surface area contributed by atoms with E-state index in [1.165, 1.54) is 0 Å². The third-order valence-corrected chi connectivity index (χ3v) is 6.23. The van der Waals surface area contributed by atoms with E-state index in [4.69, 9.17) is 4.74 Å². The number of piperidine rings is 1. The maximum atomic E-state index is 13.0. The van der Waals surface area contributed by atoms with Crippen molar-refractivity contribution in [2.24, 2.45) is 5.92 Å². The van der Waals surface area contributed by atoms with Crippen molar-refractivity contribution in [3.63, 3.8) is 0 Å². The fourth-order valence-electron chi connectivity index (χ4n) is 4.42. The molecule has 3 heterocycles. The van der Waals surface area contributed by atoms with Crippen molar-refractivity contribution in [2.45, 2.75) is 38.5 Å². The molecule has 0 unspecified atom stereocenters. The summed E-state index contributed by atoms with van der Waals surface area (Å²) < 4.78 is 5.10. The van der Waals surface area contributed by atoms with Crippen molar-refractivity contribution in [2.75, 3.05) is 36.5 Å². The molecule has 2 aromatic rings. The lowest BCUT2D eigenvalue weighted by Crippen LogP contribution is -2.42. The largest absolute Gasteiger partial charge is 0.466 e. The third kappa shape index (κ3) is 5.27. The number of hydrogen-bond acceptors (Lipinski definition) is 7. The van der Waals surface area contributed by atoms with Gasteiger partial charge in [-0.1, -0.05) is 30.3 Å². The molecule has 1 atom stereocenters. The standard InChI is InChI=1S/C24H29N5O5/c1-2-34-23(33)16-9-12-29(13-10-16)24-27-20-19(22(32)28-24)17(14-18(30)26-20)21(31)25-11-8-15-6-4-3-5-7-15/h3-7,16-17H,2,8-14H2,1H3,(H,25,31)(H2,26,27,28,30,32)/t17-/m0/s1. The number of esters is 1. The molecule has 0 spiro atoms. The molecule has 2 aliphatic heterocycles. The SMILES string of the molecule is CCOC(=O)C1CCN(c2nc3c(c(=O)[nH]2)[C@@H](C(=O)NCCc2ccccc2)CC(=O)N3)CC1. The molecule has 4 rings (SSSR count). The predicted molar refractivity (Wildman–Crippen MR) is 126 cm³/mol. The summed E-state index contributed by atoms with van der Waals surface area (Å²) >= 11 is 0. The van der Waals surface area contributed by atoms with Crippen LogP contribution in [0.25, 0.3) is 0 Å². The second-order valence-electron chi connectivity index (χ2n) is 8.50. The zero-order valence-corrected chi connectivity index (χ0v) is 19.1. The summed E-state index contributed by atoms with van der Waals surface area (Å²) in [5.41, 5.74) is 0.804. The number of nitrogens with one attached hydrogen (secondary N) is 3. The zero-order chi connectivity index (χ0) is 24.1. The van der Waals surface area contributed by atoms with E-state index in [1.54, 1.807) is 6.92 Å². The Kier molecular flexibility index (Phi) is 7.24. The third-order valence-electron chi connectivity index (χ3n) is 6.23. The second-order valence-corrected chi connectivity index (χ2v) is 8.50. The van der Waals surface area contributed by atoms with Crippen LogP contribution in [0.15, 0.2) is 35.1 Å². The maximum absolute atomic E-state index is 13.0. The lowest BCUT2D eigenvalue weighted by Gasteiger charge is -2.32. The number of amides is 2. The molecule has 0 radical (unpaired) electrons. The zero-order valence-electron chi connectivity index (χ0n) is 19.1. The molecular weight excluding hydrogens is 438 g/mol. The first-order valence-electron chi connectivity index (χ1n) is 11.6. The number of aromatic nitrogens is 2. The minimum Gasteiger partial charge on any atom is -0.466 e. The minimum absolute atomic E-state index is 0.112. The molecule has 1 saturated heterocycles. The Morgan fingerprint density at radius 1 is 1.18 bits per heavy atom. The van der Waals surface area contributed by atoms with Gasteiger partial charge in [0.1, 0.15) is 5.82 Å². The van der Waals surface area contributed by atoms with Gasteiger partial charge in [-0.25, -0.2) is 0 Å². The number of rotatable bonds is 7. The Morgan fingerprint density at radius 2 is 1.91 bits per heavy atom. The summed E-state index contributed by atoms with van der Waals surface area (Å²) in [5, 5.41) is 5.48. The smallest absolute Gasteiger partial charge is 0.309 e. The van der Waals surface area contributed by atoms with E-state index in [2.05, 4.69) is 20.6 Å². The molecule has 0 saturated carbocycles. The number of fused-ring (bicyclic) bond motifs is 1. The summed E-state index contributed by atoms with van der Waals surface area (Å²) in [5.74, 6) is -1.59. The van der Waals surface area contributed by atoms with Crippen molar-refractivity contribution in [3.05, 3.63) is 51.8 Å². The monoisotopic (exact) mass is 467 g/mol. The molecule has 3 N–H and O–H groups in total. The van der Waals surface area contributed by atoms with Gasteiger partial charge in [0.05, 0.1) is 24.0 Å². The Labute approximate surface area is 197 Å². The molecule has 0 bridgehead atoms. The molecule has 10 heteroatoms. The fraction of sp³-hybridized carbons (Fsp3) is 0.458. The summed E-state index contributed by atoms with van der Waals surface area (Å²) in [7, 11) is 0. The van der Waals surface area contributed by atoms with Gasteiger partial charge >= 0.3 is 5.97 Å². The highest BCUT2D eigenvalue weighted by Crippen LogP contribution is 2.30. The van der Waals surface area contributed by atoms with Crippen LogP contribution >= 0.6 is 0 Å². The second kappa shape index (κ2) is 10.5. The van der Waals surface area contributed by atoms with Crippen molar-refractivity contribution in [3.8, 4) is 0 Å². The first-order valence-corrected chi connectivity index (χ1v) is 11.6. The number of benzene rings is 1. The van der Waals surface area contributed by atoms with Gasteiger partial charge in [-0.05, 0) is 31.7 Å². The van der Waals surface area contributed by atoms with Gasteiger partial charge in [0.25, 0.3) is 5.56 Å². The average molecular weight is 468 g/mol. The molecule has 2 amide bonds. The number of H-pyrrole nitrogens is 1. The van der Waals surface area contributed by atoms with Crippen LogP contribution in [0.3, 0.4) is 0 Å². The Bertz CT molecular complexity index is 1110. The molecule has 10 nitrogen and oxygen atoms in total. The molecule has 180 valence electrons. The summed E-state index contributed by atoms with van der Waals surface area (Å²) in [6, 6.07) is 9.74. The lowest BCUT2D eigenvalue weighted by atomic mass is 9.92. The molecule has 1 aromatic carbocycles. The first-order chi connectivity index (χ1) is 16.5. The molecule has 2 aliphatic rings. The highest BCUT2D eigenvalue weighted by atomic mass is 16.5.